The van der Waals surface area contributed by atoms with Crippen molar-refractivity contribution < 1.29 is 4.42 Å². The lowest BCUT2D eigenvalue weighted by Crippen LogP contribution is -2.10. The summed E-state index contributed by atoms with van der Waals surface area (Å²) in [6, 6.07) is 80.9. The maximum Gasteiger partial charge on any atom is 0.135 e. The van der Waals surface area contributed by atoms with Crippen LogP contribution in [0.2, 0.25) is 0 Å². The van der Waals surface area contributed by atoms with E-state index >= 15 is 0 Å². The molecule has 66 heavy (non-hydrogen) atoms. The highest BCUT2D eigenvalue weighted by atomic mass is 32.1. The molecule has 3 heterocycles. The van der Waals surface area contributed by atoms with Gasteiger partial charge in [-0.25, -0.2) is 4.98 Å². The summed E-state index contributed by atoms with van der Waals surface area (Å²) in [5, 5.41) is 13.1. The summed E-state index contributed by atoms with van der Waals surface area (Å²) in [5.41, 5.74) is 12.8. The molecule has 0 aliphatic rings. The molecule has 308 valence electrons. The first-order valence-corrected chi connectivity index (χ1v) is 23.2. The van der Waals surface area contributed by atoms with Crippen LogP contribution in [0.25, 0.3) is 114 Å². The van der Waals surface area contributed by atoms with Gasteiger partial charge in [0, 0.05) is 60.8 Å². The second-order valence-corrected chi connectivity index (χ2v) is 18.1. The molecule has 0 fully saturated rings. The van der Waals surface area contributed by atoms with E-state index in [1.165, 1.54) is 58.8 Å². The fourth-order valence-corrected chi connectivity index (χ4v) is 11.5. The van der Waals surface area contributed by atoms with Crippen LogP contribution in [-0.2, 0) is 0 Å². The summed E-state index contributed by atoms with van der Waals surface area (Å²) in [6.45, 7) is 0. The van der Waals surface area contributed by atoms with Crippen LogP contribution in [0.1, 0.15) is 0 Å². The molecule has 0 radical (unpaired) electrons. The quantitative estimate of drug-likeness (QED) is 0.156. The molecule has 0 saturated heterocycles. The number of thiazole rings is 1. The molecular formula is C61H37N3OS. The SMILES string of the molecule is c1ccc2c(-c3nc4c(-c5ccc(N(c6ccc(-n7c8ccccc8c8ccccc87)cc6)c6ccc7oc8ccccc8c7c6)cc5)cc5c6ccccc6ccc5c4s3)cccc2c1. The monoisotopic (exact) mass is 859 g/mol. The largest absolute Gasteiger partial charge is 0.456 e. The highest BCUT2D eigenvalue weighted by Gasteiger charge is 2.21. The van der Waals surface area contributed by atoms with Crippen LogP contribution in [0.5, 0.6) is 0 Å². The Labute approximate surface area is 383 Å². The maximum atomic E-state index is 6.31. The third kappa shape index (κ3) is 5.67. The van der Waals surface area contributed by atoms with Crippen molar-refractivity contribution in [2.45, 2.75) is 0 Å². The number of furan rings is 1. The lowest BCUT2D eigenvalue weighted by atomic mass is 9.96. The zero-order valence-electron chi connectivity index (χ0n) is 35.5. The molecule has 0 aliphatic carbocycles. The van der Waals surface area contributed by atoms with Crippen LogP contribution in [0.3, 0.4) is 0 Å². The first kappa shape index (κ1) is 36.9. The van der Waals surface area contributed by atoms with Gasteiger partial charge in [-0.3, -0.25) is 0 Å². The van der Waals surface area contributed by atoms with Gasteiger partial charge in [-0.1, -0.05) is 146 Å². The van der Waals surface area contributed by atoms with Gasteiger partial charge >= 0.3 is 0 Å². The minimum atomic E-state index is 0.871. The number of hydrogen-bond acceptors (Lipinski definition) is 4. The molecular weight excluding hydrogens is 823 g/mol. The van der Waals surface area contributed by atoms with Crippen molar-refractivity contribution in [1.82, 2.24) is 9.55 Å². The van der Waals surface area contributed by atoms with E-state index in [4.69, 9.17) is 9.40 Å². The van der Waals surface area contributed by atoms with Crippen LogP contribution < -0.4 is 4.90 Å². The number of anilines is 3. The zero-order valence-corrected chi connectivity index (χ0v) is 36.3. The van der Waals surface area contributed by atoms with Gasteiger partial charge in [0.15, 0.2) is 0 Å². The summed E-state index contributed by atoms with van der Waals surface area (Å²) in [5.74, 6) is 0. The van der Waals surface area contributed by atoms with Gasteiger partial charge in [0.05, 0.1) is 21.3 Å². The first-order valence-electron chi connectivity index (χ1n) is 22.4. The normalized spacial score (nSPS) is 11.9. The van der Waals surface area contributed by atoms with Crippen molar-refractivity contribution in [3.8, 4) is 27.4 Å². The van der Waals surface area contributed by atoms with Gasteiger partial charge in [0.1, 0.15) is 16.2 Å². The highest BCUT2D eigenvalue weighted by Crippen LogP contribution is 2.45. The molecule has 11 aromatic carbocycles. The van der Waals surface area contributed by atoms with Crippen molar-refractivity contribution in [3.63, 3.8) is 0 Å². The summed E-state index contributed by atoms with van der Waals surface area (Å²) in [4.78, 5) is 7.86. The van der Waals surface area contributed by atoms with Gasteiger partial charge in [-0.2, -0.15) is 0 Å². The van der Waals surface area contributed by atoms with E-state index in [1.54, 1.807) is 11.3 Å². The van der Waals surface area contributed by atoms with Crippen LogP contribution in [0.15, 0.2) is 229 Å². The van der Waals surface area contributed by atoms with E-state index in [1.807, 2.05) is 12.1 Å². The number of para-hydroxylation sites is 3. The van der Waals surface area contributed by atoms with Crippen molar-refractivity contribution >= 4 is 115 Å². The molecule has 3 aromatic heterocycles. The van der Waals surface area contributed by atoms with Gasteiger partial charge in [-0.05, 0) is 111 Å². The first-order chi connectivity index (χ1) is 32.7. The van der Waals surface area contributed by atoms with Gasteiger partial charge < -0.3 is 13.9 Å². The lowest BCUT2D eigenvalue weighted by molar-refractivity contribution is 0.669. The van der Waals surface area contributed by atoms with Gasteiger partial charge in [0.25, 0.3) is 0 Å². The Bertz CT molecular complexity index is 4180. The average Bonchev–Trinajstić information content (AvgIpc) is 4.09. The fourth-order valence-electron chi connectivity index (χ4n) is 10.3. The molecule has 0 atom stereocenters. The van der Waals surface area contributed by atoms with Crippen molar-refractivity contribution in [2.24, 2.45) is 0 Å². The van der Waals surface area contributed by atoms with Gasteiger partial charge in [-0.15, -0.1) is 11.3 Å². The molecule has 0 bridgehead atoms. The number of rotatable bonds is 6. The Kier molecular flexibility index (Phi) is 8.12. The van der Waals surface area contributed by atoms with Crippen molar-refractivity contribution in [2.75, 3.05) is 4.90 Å². The summed E-state index contributed by atoms with van der Waals surface area (Å²) in [7, 11) is 0. The number of aromatic nitrogens is 2. The smallest absolute Gasteiger partial charge is 0.135 e. The minimum absolute atomic E-state index is 0.871. The second kappa shape index (κ2) is 14.5. The molecule has 4 nitrogen and oxygen atoms in total. The van der Waals surface area contributed by atoms with E-state index in [9.17, 15) is 0 Å². The molecule has 5 heteroatoms. The van der Waals surface area contributed by atoms with Crippen LogP contribution in [-0.4, -0.2) is 9.55 Å². The third-order valence-corrected chi connectivity index (χ3v) is 14.5. The Hall–Kier alpha value is -8.51. The molecule has 0 N–H and O–H groups in total. The molecule has 0 saturated carbocycles. The minimum Gasteiger partial charge on any atom is -0.456 e. The Balaban J connectivity index is 0.940. The zero-order chi connectivity index (χ0) is 43.3. The van der Waals surface area contributed by atoms with Crippen LogP contribution in [0, 0.1) is 0 Å². The van der Waals surface area contributed by atoms with E-state index in [0.29, 0.717) is 0 Å². The average molecular weight is 860 g/mol. The Morgan fingerprint density at radius 3 is 1.74 bits per heavy atom. The van der Waals surface area contributed by atoms with Crippen LogP contribution in [0.4, 0.5) is 17.1 Å². The van der Waals surface area contributed by atoms with Crippen molar-refractivity contribution in [1.29, 1.82) is 0 Å². The standard InChI is InChI=1S/C61H37N3OS/c1-3-15-45-38(12-1)14-11-20-51(45)61-62-59-52(37-53-46-16-4-2-13-39(46)26-34-50(53)60(59)66-61)40-24-27-41(28-25-40)63(44-33-35-58-54(36-44)49-19-7-10-23-57(49)65-58)42-29-31-43(32-30-42)64-55-21-8-5-17-47(55)48-18-6-9-22-56(48)64/h1-37H. The number of benzene rings is 11. The molecule has 0 amide bonds. The molecule has 0 spiro atoms. The molecule has 14 aromatic rings. The topological polar surface area (TPSA) is 34.2 Å². The van der Waals surface area contributed by atoms with Crippen molar-refractivity contribution in [3.05, 3.63) is 224 Å². The number of nitrogens with zero attached hydrogens (tertiary/aromatic N) is 3. The highest BCUT2D eigenvalue weighted by molar-refractivity contribution is 7.22. The maximum absolute atomic E-state index is 6.31. The molecule has 0 aliphatic heterocycles. The van der Waals surface area contributed by atoms with E-state index < -0.39 is 0 Å². The predicted molar refractivity (Wildman–Crippen MR) is 279 cm³/mol. The lowest BCUT2D eigenvalue weighted by Gasteiger charge is -2.26. The summed E-state index contributed by atoms with van der Waals surface area (Å²) < 4.78 is 9.88. The third-order valence-electron chi connectivity index (χ3n) is 13.4. The van der Waals surface area contributed by atoms with E-state index in [0.717, 1.165) is 71.9 Å². The summed E-state index contributed by atoms with van der Waals surface area (Å²) >= 11 is 1.79. The van der Waals surface area contributed by atoms with E-state index in [2.05, 4.69) is 222 Å². The Morgan fingerprint density at radius 1 is 0.394 bits per heavy atom. The Morgan fingerprint density at radius 2 is 0.985 bits per heavy atom. The van der Waals surface area contributed by atoms with Crippen LogP contribution >= 0.6 is 11.3 Å². The fraction of sp³-hybridized carbons (Fsp3) is 0. The van der Waals surface area contributed by atoms with Gasteiger partial charge in [0.2, 0.25) is 0 Å². The second-order valence-electron chi connectivity index (χ2n) is 17.1. The predicted octanol–water partition coefficient (Wildman–Crippen LogP) is 17.6. The number of hydrogen-bond donors (Lipinski definition) is 0. The number of fused-ring (bicyclic) bond motifs is 12. The summed E-state index contributed by atoms with van der Waals surface area (Å²) in [6.07, 6.45) is 0. The molecule has 0 unspecified atom stereocenters. The molecule has 14 rings (SSSR count). The van der Waals surface area contributed by atoms with E-state index in [-0.39, 0.29) is 0 Å².